The van der Waals surface area contributed by atoms with Gasteiger partial charge >= 0.3 is 0 Å². The van der Waals surface area contributed by atoms with E-state index < -0.39 is 11.7 Å². The summed E-state index contributed by atoms with van der Waals surface area (Å²) >= 11 is 6.13. The van der Waals surface area contributed by atoms with Crippen LogP contribution >= 0.6 is 11.6 Å². The van der Waals surface area contributed by atoms with Crippen LogP contribution in [0.5, 0.6) is 5.75 Å². The number of methoxy groups -OCH3 is 1. The van der Waals surface area contributed by atoms with Gasteiger partial charge in [-0.25, -0.2) is 0 Å². The number of nitrogens with one attached hydrogen (secondary N) is 1. The normalized spacial score (nSPS) is 10.8. The molecule has 2 aromatic carbocycles. The van der Waals surface area contributed by atoms with Crippen molar-refractivity contribution in [2.45, 2.75) is 6.92 Å². The molecule has 0 aliphatic heterocycles. The van der Waals surface area contributed by atoms with Gasteiger partial charge in [0.2, 0.25) is 0 Å². The number of rotatable bonds is 5. The average Bonchev–Trinajstić information content (AvgIpc) is 3.16. The van der Waals surface area contributed by atoms with Crippen molar-refractivity contribution in [2.75, 3.05) is 12.4 Å². The van der Waals surface area contributed by atoms with Crippen LogP contribution in [0.25, 0.3) is 16.6 Å². The summed E-state index contributed by atoms with van der Waals surface area (Å²) in [4.78, 5) is 26.1. The Bertz CT molecular complexity index is 1260. The molecule has 0 radical (unpaired) electrons. The molecule has 0 spiro atoms. The fourth-order valence-corrected chi connectivity index (χ4v) is 3.55. The second-order valence-electron chi connectivity index (χ2n) is 6.83. The van der Waals surface area contributed by atoms with Crippen LogP contribution < -0.4 is 10.1 Å². The van der Waals surface area contributed by atoms with Crippen molar-refractivity contribution in [3.63, 3.8) is 0 Å². The lowest BCUT2D eigenvalue weighted by atomic mass is 10.0. The van der Waals surface area contributed by atoms with Gasteiger partial charge in [-0.15, -0.1) is 0 Å². The SMILES string of the molecule is COc1ccc(-c2cc3ccccn3c2C(=O)C(=O)Nc2cccc(Cl)c2C)cc1. The van der Waals surface area contributed by atoms with Crippen molar-refractivity contribution in [1.29, 1.82) is 0 Å². The van der Waals surface area contributed by atoms with Gasteiger partial charge in [0.25, 0.3) is 11.7 Å². The zero-order chi connectivity index (χ0) is 21.3. The Balaban J connectivity index is 1.77. The summed E-state index contributed by atoms with van der Waals surface area (Å²) in [5.41, 5.74) is 3.82. The second-order valence-corrected chi connectivity index (χ2v) is 7.23. The molecule has 30 heavy (non-hydrogen) atoms. The Hall–Kier alpha value is -3.57. The maximum Gasteiger partial charge on any atom is 0.298 e. The predicted octanol–water partition coefficient (Wildman–Crippen LogP) is 5.40. The second kappa shape index (κ2) is 8.05. The third kappa shape index (κ3) is 3.55. The molecule has 0 unspecified atom stereocenters. The Labute approximate surface area is 178 Å². The van der Waals surface area contributed by atoms with Crippen molar-refractivity contribution < 1.29 is 14.3 Å². The van der Waals surface area contributed by atoms with E-state index in [1.807, 2.05) is 48.5 Å². The van der Waals surface area contributed by atoms with Crippen LogP contribution in [0.15, 0.2) is 72.9 Å². The quantitative estimate of drug-likeness (QED) is 0.349. The van der Waals surface area contributed by atoms with E-state index in [0.29, 0.717) is 33.3 Å². The number of hydrogen-bond donors (Lipinski definition) is 1. The molecule has 0 saturated heterocycles. The van der Waals surface area contributed by atoms with Gasteiger partial charge in [0, 0.05) is 28.0 Å². The van der Waals surface area contributed by atoms with Crippen LogP contribution in [-0.2, 0) is 4.79 Å². The monoisotopic (exact) mass is 418 g/mol. The van der Waals surface area contributed by atoms with Crippen LogP contribution in [0.3, 0.4) is 0 Å². The molecule has 2 heterocycles. The van der Waals surface area contributed by atoms with E-state index >= 15 is 0 Å². The van der Waals surface area contributed by atoms with Gasteiger partial charge in [-0.3, -0.25) is 9.59 Å². The summed E-state index contributed by atoms with van der Waals surface area (Å²) in [6.45, 7) is 1.79. The third-order valence-corrected chi connectivity index (χ3v) is 5.43. The van der Waals surface area contributed by atoms with Crippen molar-refractivity contribution in [2.24, 2.45) is 0 Å². The van der Waals surface area contributed by atoms with Gasteiger partial charge in [-0.1, -0.05) is 35.9 Å². The molecule has 0 saturated carbocycles. The number of ether oxygens (including phenoxy) is 1. The number of halogens is 1. The first kappa shape index (κ1) is 19.7. The third-order valence-electron chi connectivity index (χ3n) is 5.02. The van der Waals surface area contributed by atoms with Crippen LogP contribution in [0.2, 0.25) is 5.02 Å². The number of benzene rings is 2. The molecule has 4 aromatic rings. The lowest BCUT2D eigenvalue weighted by Gasteiger charge is -2.10. The Morgan fingerprint density at radius 3 is 2.50 bits per heavy atom. The van der Waals surface area contributed by atoms with Crippen molar-refractivity contribution in [3.8, 4) is 16.9 Å². The first-order valence-electron chi connectivity index (χ1n) is 9.35. The number of nitrogens with zero attached hydrogens (tertiary/aromatic N) is 1. The highest BCUT2D eigenvalue weighted by molar-refractivity contribution is 6.47. The molecule has 4 rings (SSSR count). The molecular weight excluding hydrogens is 400 g/mol. The van der Waals surface area contributed by atoms with E-state index in [0.717, 1.165) is 11.1 Å². The van der Waals surface area contributed by atoms with Crippen molar-refractivity contribution >= 4 is 34.5 Å². The highest BCUT2D eigenvalue weighted by atomic mass is 35.5. The molecule has 1 N–H and O–H groups in total. The summed E-state index contributed by atoms with van der Waals surface area (Å²) in [6.07, 6.45) is 1.77. The number of carbonyl (C=O) groups is 2. The minimum Gasteiger partial charge on any atom is -0.497 e. The van der Waals surface area contributed by atoms with Crippen LogP contribution in [0.4, 0.5) is 5.69 Å². The molecule has 0 atom stereocenters. The van der Waals surface area contributed by atoms with E-state index in [1.165, 1.54) is 0 Å². The molecule has 0 aliphatic carbocycles. The van der Waals surface area contributed by atoms with Crippen molar-refractivity contribution in [1.82, 2.24) is 4.40 Å². The lowest BCUT2D eigenvalue weighted by molar-refractivity contribution is -0.112. The van der Waals surface area contributed by atoms with Gasteiger partial charge in [0.15, 0.2) is 0 Å². The number of pyridine rings is 1. The molecule has 0 aliphatic rings. The van der Waals surface area contributed by atoms with Gasteiger partial charge < -0.3 is 14.5 Å². The topological polar surface area (TPSA) is 59.8 Å². The Kier molecular flexibility index (Phi) is 5.29. The van der Waals surface area contributed by atoms with Gasteiger partial charge in [-0.2, -0.15) is 0 Å². The number of anilines is 1. The Morgan fingerprint density at radius 1 is 1.00 bits per heavy atom. The minimum atomic E-state index is -0.723. The first-order valence-corrected chi connectivity index (χ1v) is 9.72. The molecule has 2 aromatic heterocycles. The molecule has 6 heteroatoms. The number of aromatic nitrogens is 1. The fourth-order valence-electron chi connectivity index (χ4n) is 3.38. The zero-order valence-electron chi connectivity index (χ0n) is 16.5. The molecule has 150 valence electrons. The number of fused-ring (bicyclic) bond motifs is 1. The standard InChI is InChI=1S/C24H19ClN2O3/c1-15-20(25)7-5-8-21(15)26-24(29)23(28)22-19(14-17-6-3-4-13-27(17)22)16-9-11-18(30-2)12-10-16/h3-14H,1-2H3,(H,26,29). The number of ketones is 1. The maximum atomic E-state index is 13.2. The number of amides is 1. The number of carbonyl (C=O) groups excluding carboxylic acids is 2. The van der Waals surface area contributed by atoms with E-state index in [4.69, 9.17) is 16.3 Å². The molecule has 5 nitrogen and oxygen atoms in total. The Morgan fingerprint density at radius 2 is 1.77 bits per heavy atom. The van der Waals surface area contributed by atoms with Gasteiger partial charge in [0.05, 0.1) is 7.11 Å². The minimum absolute atomic E-state index is 0.299. The summed E-state index contributed by atoms with van der Waals surface area (Å²) in [6, 6.07) is 20.0. The smallest absolute Gasteiger partial charge is 0.298 e. The highest BCUT2D eigenvalue weighted by Gasteiger charge is 2.25. The largest absolute Gasteiger partial charge is 0.497 e. The molecule has 0 fully saturated rings. The van der Waals surface area contributed by atoms with E-state index in [-0.39, 0.29) is 0 Å². The predicted molar refractivity (Wildman–Crippen MR) is 119 cm³/mol. The summed E-state index contributed by atoms with van der Waals surface area (Å²) in [7, 11) is 1.60. The maximum absolute atomic E-state index is 13.2. The van der Waals surface area contributed by atoms with Crippen LogP contribution in [0, 0.1) is 6.92 Å². The van der Waals surface area contributed by atoms with Gasteiger partial charge in [-0.05, 0) is 60.5 Å². The summed E-state index contributed by atoms with van der Waals surface area (Å²) in [5.74, 6) is -0.644. The molecular formula is C24H19ClN2O3. The summed E-state index contributed by atoms with van der Waals surface area (Å²) < 4.78 is 6.95. The summed E-state index contributed by atoms with van der Waals surface area (Å²) in [5, 5.41) is 3.22. The highest BCUT2D eigenvalue weighted by Crippen LogP contribution is 2.30. The van der Waals surface area contributed by atoms with Crippen molar-refractivity contribution in [3.05, 3.63) is 89.2 Å². The zero-order valence-corrected chi connectivity index (χ0v) is 17.2. The number of Topliss-reactive ketones (excluding diaryl/α,β-unsaturated/α-hetero) is 1. The van der Waals surface area contributed by atoms with E-state index in [9.17, 15) is 9.59 Å². The lowest BCUT2D eigenvalue weighted by Crippen LogP contribution is -2.25. The van der Waals surface area contributed by atoms with Gasteiger partial charge in [0.1, 0.15) is 11.4 Å². The van der Waals surface area contributed by atoms with E-state index in [1.54, 1.807) is 42.8 Å². The van der Waals surface area contributed by atoms with Crippen LogP contribution in [0.1, 0.15) is 16.1 Å². The first-order chi connectivity index (χ1) is 14.5. The molecule has 1 amide bonds. The number of hydrogen-bond acceptors (Lipinski definition) is 3. The average molecular weight is 419 g/mol. The van der Waals surface area contributed by atoms with Crippen LogP contribution in [-0.4, -0.2) is 23.2 Å². The fraction of sp³-hybridized carbons (Fsp3) is 0.0833. The molecule has 0 bridgehead atoms. The van der Waals surface area contributed by atoms with E-state index in [2.05, 4.69) is 5.32 Å².